The highest BCUT2D eigenvalue weighted by Gasteiger charge is 2.31. The van der Waals surface area contributed by atoms with E-state index in [0.29, 0.717) is 5.56 Å². The number of sulfonamides is 1. The summed E-state index contributed by atoms with van der Waals surface area (Å²) < 4.78 is 63.8. The van der Waals surface area contributed by atoms with Crippen molar-refractivity contribution in [2.75, 3.05) is 0 Å². The number of aromatic amines is 1. The standard InChI is InChI=1S/C21H14F3N3O3S/c22-21(23,24)15-9-13(12-4-2-1-3-5-12)8-14(10-15)19-26-18-11-16(31(25,29)30)6-7-17(18)20(28)27-19/h1-11H,(H2,25,29,30)(H,26,27,28). The molecule has 0 saturated carbocycles. The molecule has 0 atom stereocenters. The molecule has 3 N–H and O–H groups in total. The van der Waals surface area contributed by atoms with Gasteiger partial charge in [0, 0.05) is 5.56 Å². The third kappa shape index (κ3) is 4.21. The van der Waals surface area contributed by atoms with Crippen molar-refractivity contribution in [1.82, 2.24) is 9.97 Å². The molecule has 3 aromatic carbocycles. The maximum Gasteiger partial charge on any atom is 0.416 e. The van der Waals surface area contributed by atoms with Gasteiger partial charge < -0.3 is 4.98 Å². The third-order valence-electron chi connectivity index (χ3n) is 4.65. The zero-order chi connectivity index (χ0) is 22.4. The lowest BCUT2D eigenvalue weighted by Crippen LogP contribution is -2.14. The zero-order valence-electron chi connectivity index (χ0n) is 15.6. The Morgan fingerprint density at radius 3 is 2.19 bits per heavy atom. The number of halogens is 3. The number of benzene rings is 3. The van der Waals surface area contributed by atoms with Crippen molar-refractivity contribution >= 4 is 20.9 Å². The summed E-state index contributed by atoms with van der Waals surface area (Å²) >= 11 is 0. The van der Waals surface area contributed by atoms with Gasteiger partial charge in [0.05, 0.1) is 21.4 Å². The molecular weight excluding hydrogens is 431 g/mol. The second kappa shape index (κ2) is 7.33. The van der Waals surface area contributed by atoms with Gasteiger partial charge in [-0.05, 0) is 47.5 Å². The second-order valence-electron chi connectivity index (χ2n) is 6.80. The Morgan fingerprint density at radius 2 is 1.55 bits per heavy atom. The Balaban J connectivity index is 1.97. The largest absolute Gasteiger partial charge is 0.416 e. The summed E-state index contributed by atoms with van der Waals surface area (Å²) in [5.74, 6) is -0.132. The molecule has 0 radical (unpaired) electrons. The minimum atomic E-state index is -4.63. The first-order valence-electron chi connectivity index (χ1n) is 8.87. The van der Waals surface area contributed by atoms with E-state index in [2.05, 4.69) is 9.97 Å². The van der Waals surface area contributed by atoms with E-state index in [1.165, 1.54) is 12.1 Å². The van der Waals surface area contributed by atoms with Crippen molar-refractivity contribution in [2.45, 2.75) is 11.1 Å². The van der Waals surface area contributed by atoms with Crippen LogP contribution in [0.4, 0.5) is 13.2 Å². The molecule has 1 aromatic heterocycles. The molecule has 0 saturated heterocycles. The lowest BCUT2D eigenvalue weighted by atomic mass is 9.99. The number of H-pyrrole nitrogens is 1. The lowest BCUT2D eigenvalue weighted by molar-refractivity contribution is -0.137. The minimum Gasteiger partial charge on any atom is -0.306 e. The van der Waals surface area contributed by atoms with Crippen molar-refractivity contribution in [3.8, 4) is 22.5 Å². The maximum atomic E-state index is 13.5. The van der Waals surface area contributed by atoms with E-state index in [-0.39, 0.29) is 32.7 Å². The number of nitrogens with one attached hydrogen (secondary N) is 1. The van der Waals surface area contributed by atoms with Crippen LogP contribution < -0.4 is 10.7 Å². The fraction of sp³-hybridized carbons (Fsp3) is 0.0476. The van der Waals surface area contributed by atoms with Gasteiger partial charge in [-0.3, -0.25) is 4.79 Å². The number of rotatable bonds is 3. The van der Waals surface area contributed by atoms with E-state index in [1.807, 2.05) is 0 Å². The minimum absolute atomic E-state index is 0.0102. The molecule has 0 bridgehead atoms. The fourth-order valence-corrected chi connectivity index (χ4v) is 3.69. The van der Waals surface area contributed by atoms with Gasteiger partial charge in [0.2, 0.25) is 10.0 Å². The molecule has 0 unspecified atom stereocenters. The van der Waals surface area contributed by atoms with Crippen LogP contribution in [0.2, 0.25) is 0 Å². The van der Waals surface area contributed by atoms with Gasteiger partial charge in [0.1, 0.15) is 5.82 Å². The summed E-state index contributed by atoms with van der Waals surface area (Å²) in [6.07, 6.45) is -4.63. The molecule has 0 fully saturated rings. The fourth-order valence-electron chi connectivity index (χ4n) is 3.16. The first-order valence-corrected chi connectivity index (χ1v) is 10.4. The topological polar surface area (TPSA) is 106 Å². The summed E-state index contributed by atoms with van der Waals surface area (Å²) in [5, 5.41) is 5.20. The van der Waals surface area contributed by atoms with E-state index < -0.39 is 27.3 Å². The van der Waals surface area contributed by atoms with Crippen LogP contribution in [-0.2, 0) is 16.2 Å². The van der Waals surface area contributed by atoms with Crippen molar-refractivity contribution in [3.63, 3.8) is 0 Å². The quantitative estimate of drug-likeness (QED) is 0.498. The molecule has 0 aliphatic rings. The van der Waals surface area contributed by atoms with Crippen molar-refractivity contribution in [2.24, 2.45) is 5.14 Å². The molecule has 158 valence electrons. The Kier molecular flexibility index (Phi) is 4.91. The van der Waals surface area contributed by atoms with Gasteiger partial charge in [-0.15, -0.1) is 0 Å². The van der Waals surface area contributed by atoms with Crippen LogP contribution in [0.25, 0.3) is 33.4 Å². The smallest absolute Gasteiger partial charge is 0.306 e. The van der Waals surface area contributed by atoms with Crippen molar-refractivity contribution in [1.29, 1.82) is 0 Å². The molecule has 1 heterocycles. The average molecular weight is 445 g/mol. The summed E-state index contributed by atoms with van der Waals surface area (Å²) in [7, 11) is -4.05. The highest BCUT2D eigenvalue weighted by molar-refractivity contribution is 7.89. The maximum absolute atomic E-state index is 13.5. The van der Waals surface area contributed by atoms with E-state index in [9.17, 15) is 26.4 Å². The Labute approximate surface area is 174 Å². The highest BCUT2D eigenvalue weighted by Crippen LogP contribution is 2.35. The van der Waals surface area contributed by atoms with Gasteiger partial charge in [-0.25, -0.2) is 18.5 Å². The Bertz CT molecular complexity index is 1460. The number of nitrogens with two attached hydrogens (primary N) is 1. The van der Waals surface area contributed by atoms with Gasteiger partial charge in [0.25, 0.3) is 5.56 Å². The number of hydrogen-bond acceptors (Lipinski definition) is 4. The SMILES string of the molecule is NS(=O)(=O)c1ccc2c(=O)[nH]c(-c3cc(-c4ccccc4)cc(C(F)(F)F)c3)nc2c1. The van der Waals surface area contributed by atoms with E-state index in [1.54, 1.807) is 30.3 Å². The molecular formula is C21H14F3N3O3S. The van der Waals surface area contributed by atoms with Gasteiger partial charge in [-0.1, -0.05) is 30.3 Å². The van der Waals surface area contributed by atoms with Crippen LogP contribution in [-0.4, -0.2) is 18.4 Å². The molecule has 4 aromatic rings. The lowest BCUT2D eigenvalue weighted by Gasteiger charge is -2.13. The van der Waals surface area contributed by atoms with Gasteiger partial charge in [0.15, 0.2) is 0 Å². The molecule has 4 rings (SSSR count). The normalized spacial score (nSPS) is 12.3. The summed E-state index contributed by atoms with van der Waals surface area (Å²) in [5.41, 5.74) is -0.692. The number of fused-ring (bicyclic) bond motifs is 1. The van der Waals surface area contributed by atoms with Crippen LogP contribution in [0.1, 0.15) is 5.56 Å². The van der Waals surface area contributed by atoms with Crippen LogP contribution in [0, 0.1) is 0 Å². The number of primary sulfonamides is 1. The first-order chi connectivity index (χ1) is 14.5. The zero-order valence-corrected chi connectivity index (χ0v) is 16.5. The van der Waals surface area contributed by atoms with E-state index >= 15 is 0 Å². The molecule has 31 heavy (non-hydrogen) atoms. The molecule has 10 heteroatoms. The number of nitrogens with zero attached hydrogens (tertiary/aromatic N) is 1. The molecule has 6 nitrogen and oxygen atoms in total. The van der Waals surface area contributed by atoms with Crippen molar-refractivity contribution < 1.29 is 21.6 Å². The predicted molar refractivity (Wildman–Crippen MR) is 110 cm³/mol. The van der Waals surface area contributed by atoms with E-state index in [4.69, 9.17) is 5.14 Å². The molecule has 0 aliphatic carbocycles. The summed E-state index contributed by atoms with van der Waals surface area (Å²) in [6.45, 7) is 0. The van der Waals surface area contributed by atoms with Gasteiger partial charge in [-0.2, -0.15) is 13.2 Å². The monoisotopic (exact) mass is 445 g/mol. The molecule has 0 spiro atoms. The first kappa shape index (κ1) is 20.8. The summed E-state index contributed by atoms with van der Waals surface area (Å²) in [4.78, 5) is 18.9. The third-order valence-corrected chi connectivity index (χ3v) is 5.56. The predicted octanol–water partition coefficient (Wildman–Crippen LogP) is 3.92. The number of hydrogen-bond donors (Lipinski definition) is 2. The Hall–Kier alpha value is -3.50. The molecule has 0 amide bonds. The van der Waals surface area contributed by atoms with Crippen LogP contribution in [0.3, 0.4) is 0 Å². The average Bonchev–Trinajstić information content (AvgIpc) is 2.72. The number of alkyl halides is 3. The van der Waals surface area contributed by atoms with Crippen LogP contribution in [0.5, 0.6) is 0 Å². The molecule has 0 aliphatic heterocycles. The van der Waals surface area contributed by atoms with E-state index in [0.717, 1.165) is 24.3 Å². The van der Waals surface area contributed by atoms with Crippen LogP contribution >= 0.6 is 0 Å². The van der Waals surface area contributed by atoms with Gasteiger partial charge >= 0.3 is 6.18 Å². The summed E-state index contributed by atoms with van der Waals surface area (Å²) in [6, 6.07) is 15.3. The Morgan fingerprint density at radius 1 is 0.871 bits per heavy atom. The highest BCUT2D eigenvalue weighted by atomic mass is 32.2. The second-order valence-corrected chi connectivity index (χ2v) is 8.36. The number of aromatic nitrogens is 2. The van der Waals surface area contributed by atoms with Crippen molar-refractivity contribution in [3.05, 3.63) is 82.6 Å². The van der Waals surface area contributed by atoms with Crippen LogP contribution in [0.15, 0.2) is 76.4 Å².